The number of ether oxygens (including phenoxy) is 2. The lowest BCUT2D eigenvalue weighted by Crippen LogP contribution is -2.67. The van der Waals surface area contributed by atoms with Gasteiger partial charge in [-0.25, -0.2) is 4.79 Å². The lowest BCUT2D eigenvalue weighted by atomic mass is 9.32. The molecule has 0 heterocycles. The Labute approximate surface area is 312 Å². The van der Waals surface area contributed by atoms with E-state index >= 15 is 0 Å². The van der Waals surface area contributed by atoms with E-state index in [4.69, 9.17) is 9.47 Å². The van der Waals surface area contributed by atoms with Crippen molar-refractivity contribution in [1.82, 2.24) is 4.90 Å². The highest BCUT2D eigenvalue weighted by Gasteiger charge is 2.74. The van der Waals surface area contributed by atoms with Crippen LogP contribution < -0.4 is 14.8 Å². The van der Waals surface area contributed by atoms with Crippen molar-refractivity contribution in [2.24, 2.45) is 33.5 Å². The third-order valence-corrected chi connectivity index (χ3v) is 14.6. The number of anilines is 1. The number of carbonyl (C=O) groups is 2. The van der Waals surface area contributed by atoms with Crippen molar-refractivity contribution in [3.8, 4) is 11.5 Å². The average Bonchev–Trinajstić information content (AvgIpc) is 3.44. The number of Topliss-reactive ketones (excluding diaryl/α,β-unsaturated/α-hetero) is 1. The van der Waals surface area contributed by atoms with Gasteiger partial charge < -0.3 is 29.9 Å². The van der Waals surface area contributed by atoms with Crippen LogP contribution in [0.25, 0.3) is 0 Å². The SMILES string of the molecule is COc1ccc(NC(=O)N(Cc2ccccc2)C[C@]2(O)CC[C@H]3[C@]45C=C[C@@]6(C=C4C(=O)c4ccc(OC)cc4)CC(O)CC[C@]6(C)[C@H]5CC[C@@]32C)cc1. The Morgan fingerprint density at radius 3 is 2.11 bits per heavy atom. The van der Waals surface area contributed by atoms with Crippen LogP contribution in [0.15, 0.2) is 103 Å². The molecule has 0 aromatic heterocycles. The molecule has 2 amide bonds. The number of ketones is 1. The van der Waals surface area contributed by atoms with E-state index in [2.05, 4.69) is 37.4 Å². The zero-order valence-electron chi connectivity index (χ0n) is 31.3. The molecule has 0 radical (unpaired) electrons. The molecule has 6 aliphatic carbocycles. The standard InChI is InChI=1S/C45H52N2O6/c1-41-21-18-33(48)26-43(41)24-25-45(36(27-43)39(49)31-10-14-34(52-3)15-11-31)37(41)19-22-42(2)38(45)20-23-44(42,51)29-47(28-30-8-6-5-7-9-30)40(50)46-32-12-16-35(53-4)17-13-32/h5-17,24-25,27,33,37-38,48,51H,18-23,26,28-29H2,1-4H3,(H,46,50)/t33?,37-,38-,41-,42+,43+,44-,45-/m1/s1. The van der Waals surface area contributed by atoms with Gasteiger partial charge in [0.05, 0.1) is 32.5 Å². The van der Waals surface area contributed by atoms with Gasteiger partial charge in [0, 0.05) is 39.6 Å². The number of aliphatic hydroxyl groups is 2. The highest BCUT2D eigenvalue weighted by Crippen LogP contribution is 2.78. The molecule has 3 fully saturated rings. The summed E-state index contributed by atoms with van der Waals surface area (Å²) >= 11 is 0. The Bertz CT molecular complexity index is 1940. The molecular formula is C45H52N2O6. The van der Waals surface area contributed by atoms with Crippen LogP contribution in [0.5, 0.6) is 11.5 Å². The van der Waals surface area contributed by atoms with Gasteiger partial charge in [0.15, 0.2) is 5.78 Å². The minimum Gasteiger partial charge on any atom is -0.497 e. The summed E-state index contributed by atoms with van der Waals surface area (Å²) in [5.41, 5.74) is 0.101. The van der Waals surface area contributed by atoms with Gasteiger partial charge in [-0.05, 0) is 116 Å². The van der Waals surface area contributed by atoms with Gasteiger partial charge in [-0.3, -0.25) is 4.79 Å². The van der Waals surface area contributed by atoms with Gasteiger partial charge in [0.25, 0.3) is 0 Å². The van der Waals surface area contributed by atoms with E-state index < -0.39 is 27.9 Å². The first-order valence-electron chi connectivity index (χ1n) is 19.2. The van der Waals surface area contributed by atoms with Gasteiger partial charge in [-0.2, -0.15) is 0 Å². The number of rotatable bonds is 9. The first-order valence-corrected chi connectivity index (χ1v) is 19.2. The monoisotopic (exact) mass is 716 g/mol. The van der Waals surface area contributed by atoms with E-state index in [1.807, 2.05) is 78.9 Å². The van der Waals surface area contributed by atoms with Crippen molar-refractivity contribution in [3.05, 3.63) is 114 Å². The quantitative estimate of drug-likeness (QED) is 0.152. The molecule has 3 saturated carbocycles. The predicted molar refractivity (Wildman–Crippen MR) is 205 cm³/mol. The van der Waals surface area contributed by atoms with Crippen molar-refractivity contribution >= 4 is 17.5 Å². The van der Waals surface area contributed by atoms with Crippen molar-refractivity contribution in [3.63, 3.8) is 0 Å². The van der Waals surface area contributed by atoms with Crippen LogP contribution in [0.1, 0.15) is 74.7 Å². The summed E-state index contributed by atoms with van der Waals surface area (Å²) in [6.07, 6.45) is 11.6. The summed E-state index contributed by atoms with van der Waals surface area (Å²) < 4.78 is 10.7. The minimum absolute atomic E-state index is 0.00718. The van der Waals surface area contributed by atoms with E-state index in [0.717, 1.165) is 43.2 Å². The number of aliphatic hydroxyl groups excluding tert-OH is 1. The third-order valence-electron chi connectivity index (χ3n) is 14.6. The largest absolute Gasteiger partial charge is 0.497 e. The van der Waals surface area contributed by atoms with E-state index in [1.165, 1.54) is 0 Å². The fourth-order valence-corrected chi connectivity index (χ4v) is 11.7. The lowest BCUT2D eigenvalue weighted by Gasteiger charge is -2.71. The molecule has 6 aliphatic rings. The molecule has 1 unspecified atom stereocenters. The fraction of sp³-hybridized carbons (Fsp3) is 0.467. The topological polar surface area (TPSA) is 108 Å². The van der Waals surface area contributed by atoms with Crippen molar-refractivity contribution < 1.29 is 29.3 Å². The Kier molecular flexibility index (Phi) is 8.65. The Morgan fingerprint density at radius 1 is 0.811 bits per heavy atom. The first kappa shape index (κ1) is 35.6. The molecule has 9 rings (SSSR count). The van der Waals surface area contributed by atoms with Crippen LogP contribution in [0, 0.1) is 33.5 Å². The Balaban J connectivity index is 1.17. The van der Waals surface area contributed by atoms with E-state index in [1.54, 1.807) is 19.1 Å². The van der Waals surface area contributed by atoms with Gasteiger partial charge in [0.2, 0.25) is 0 Å². The maximum Gasteiger partial charge on any atom is 0.322 e. The zero-order valence-corrected chi connectivity index (χ0v) is 31.3. The number of methoxy groups -OCH3 is 2. The number of urea groups is 1. The summed E-state index contributed by atoms with van der Waals surface area (Å²) in [5, 5.41) is 27.2. The van der Waals surface area contributed by atoms with Crippen LogP contribution in [0.3, 0.4) is 0 Å². The number of nitrogens with zero attached hydrogens (tertiary/aromatic N) is 1. The number of amides is 2. The summed E-state index contributed by atoms with van der Waals surface area (Å²) in [5.74, 6) is 1.54. The van der Waals surface area contributed by atoms with Crippen LogP contribution in [-0.2, 0) is 6.54 Å². The molecule has 2 bridgehead atoms. The number of benzene rings is 3. The lowest BCUT2D eigenvalue weighted by molar-refractivity contribution is -0.174. The normalized spacial score (nSPS) is 35.0. The Morgan fingerprint density at radius 2 is 1.43 bits per heavy atom. The molecule has 3 N–H and O–H groups in total. The van der Waals surface area contributed by atoms with Crippen LogP contribution in [0.2, 0.25) is 0 Å². The van der Waals surface area contributed by atoms with Gasteiger partial charge in [-0.1, -0.05) is 62.4 Å². The van der Waals surface area contributed by atoms with E-state index in [-0.39, 0.29) is 35.6 Å². The van der Waals surface area contributed by atoms with Crippen molar-refractivity contribution in [2.75, 3.05) is 26.1 Å². The maximum atomic E-state index is 14.9. The molecule has 278 valence electrons. The number of nitrogens with one attached hydrogen (secondary N) is 1. The number of hydrogen-bond donors (Lipinski definition) is 3. The molecule has 8 heteroatoms. The predicted octanol–water partition coefficient (Wildman–Crippen LogP) is 8.21. The molecule has 8 nitrogen and oxygen atoms in total. The van der Waals surface area contributed by atoms with Gasteiger partial charge in [-0.15, -0.1) is 0 Å². The molecule has 3 aromatic carbocycles. The molecule has 3 aromatic rings. The van der Waals surface area contributed by atoms with E-state index in [0.29, 0.717) is 42.1 Å². The number of fused-ring (bicyclic) bond motifs is 1. The van der Waals surface area contributed by atoms with Crippen molar-refractivity contribution in [2.45, 2.75) is 77.0 Å². The van der Waals surface area contributed by atoms with Gasteiger partial charge in [0.1, 0.15) is 11.5 Å². The molecule has 0 saturated heterocycles. The molecule has 53 heavy (non-hydrogen) atoms. The fourth-order valence-electron chi connectivity index (χ4n) is 11.7. The molecule has 2 spiro atoms. The number of carbonyl (C=O) groups excluding carboxylic acids is 2. The first-order chi connectivity index (χ1) is 25.4. The van der Waals surface area contributed by atoms with Crippen LogP contribution in [0.4, 0.5) is 10.5 Å². The summed E-state index contributed by atoms with van der Waals surface area (Å²) in [4.78, 5) is 30.8. The Hall–Kier alpha value is -4.40. The smallest absolute Gasteiger partial charge is 0.322 e. The minimum atomic E-state index is -1.21. The third kappa shape index (κ3) is 5.38. The van der Waals surface area contributed by atoms with Crippen molar-refractivity contribution in [1.29, 1.82) is 0 Å². The highest BCUT2D eigenvalue weighted by atomic mass is 16.5. The van der Waals surface area contributed by atoms with Gasteiger partial charge >= 0.3 is 6.03 Å². The highest BCUT2D eigenvalue weighted by molar-refractivity contribution is 6.10. The van der Waals surface area contributed by atoms with E-state index in [9.17, 15) is 19.8 Å². The number of allylic oxidation sites excluding steroid dienone is 4. The maximum absolute atomic E-state index is 14.9. The number of hydrogen-bond acceptors (Lipinski definition) is 6. The van der Waals surface area contributed by atoms with Crippen LogP contribution in [-0.4, -0.2) is 59.4 Å². The molecule has 8 atom stereocenters. The molecular weight excluding hydrogens is 665 g/mol. The second-order valence-electron chi connectivity index (χ2n) is 16.9. The molecule has 0 aliphatic heterocycles. The average molecular weight is 717 g/mol. The second-order valence-corrected chi connectivity index (χ2v) is 16.9. The summed E-state index contributed by atoms with van der Waals surface area (Å²) in [6, 6.07) is 24.3. The summed E-state index contributed by atoms with van der Waals surface area (Å²) in [6.45, 7) is 5.09. The zero-order chi connectivity index (χ0) is 37.2. The van der Waals surface area contributed by atoms with Crippen LogP contribution >= 0.6 is 0 Å². The second kappa shape index (κ2) is 12.9. The summed E-state index contributed by atoms with van der Waals surface area (Å²) in [7, 11) is 3.23.